The van der Waals surface area contributed by atoms with E-state index in [1.54, 1.807) is 44.6 Å². The third-order valence-electron chi connectivity index (χ3n) is 3.12. The number of hydrogen-bond acceptors (Lipinski definition) is 3. The van der Waals surface area contributed by atoms with Crippen LogP contribution in [0, 0.1) is 5.82 Å². The zero-order valence-corrected chi connectivity index (χ0v) is 11.1. The maximum absolute atomic E-state index is 13.8. The van der Waals surface area contributed by atoms with Crippen LogP contribution in [0.2, 0.25) is 0 Å². The quantitative estimate of drug-likeness (QED) is 0.795. The lowest BCUT2D eigenvalue weighted by atomic mass is 10.2. The van der Waals surface area contributed by atoms with Crippen LogP contribution in [0.25, 0.3) is 22.4 Å². The molecule has 5 heteroatoms. The molecule has 1 aromatic heterocycles. The van der Waals surface area contributed by atoms with Crippen molar-refractivity contribution in [2.24, 2.45) is 0 Å². The molecular weight excluding hydrogens is 259 g/mol. The van der Waals surface area contributed by atoms with Gasteiger partial charge in [0.05, 0.1) is 30.8 Å². The molecule has 2 aromatic carbocycles. The molecule has 1 N–H and O–H groups in total. The smallest absolute Gasteiger partial charge is 0.163 e. The number of rotatable bonds is 3. The number of benzene rings is 2. The van der Waals surface area contributed by atoms with Gasteiger partial charge in [0, 0.05) is 12.1 Å². The molecule has 102 valence electrons. The molecule has 3 rings (SSSR count). The number of nitrogens with one attached hydrogen (secondary N) is 1. The van der Waals surface area contributed by atoms with Gasteiger partial charge >= 0.3 is 0 Å². The van der Waals surface area contributed by atoms with Gasteiger partial charge in [0.15, 0.2) is 11.5 Å². The Hall–Kier alpha value is -2.56. The molecule has 0 bridgehead atoms. The molecule has 0 fully saturated rings. The van der Waals surface area contributed by atoms with E-state index in [0.717, 1.165) is 5.52 Å². The van der Waals surface area contributed by atoms with Crippen LogP contribution in [-0.2, 0) is 0 Å². The molecule has 0 saturated carbocycles. The van der Waals surface area contributed by atoms with Crippen LogP contribution >= 0.6 is 0 Å². The number of aromatic amines is 1. The first kappa shape index (κ1) is 12.5. The topological polar surface area (TPSA) is 47.1 Å². The molecular formula is C15H13FN2O2. The van der Waals surface area contributed by atoms with Gasteiger partial charge in [-0.05, 0) is 12.1 Å². The summed E-state index contributed by atoms with van der Waals surface area (Å²) in [6.07, 6.45) is 0. The maximum atomic E-state index is 13.8. The second-order valence-electron chi connectivity index (χ2n) is 4.29. The maximum Gasteiger partial charge on any atom is 0.163 e. The van der Waals surface area contributed by atoms with E-state index >= 15 is 0 Å². The summed E-state index contributed by atoms with van der Waals surface area (Å²) in [6, 6.07) is 10.0. The van der Waals surface area contributed by atoms with E-state index in [1.165, 1.54) is 6.07 Å². The van der Waals surface area contributed by atoms with Crippen molar-refractivity contribution >= 4 is 11.0 Å². The van der Waals surface area contributed by atoms with Gasteiger partial charge in [-0.15, -0.1) is 0 Å². The van der Waals surface area contributed by atoms with E-state index in [9.17, 15) is 4.39 Å². The highest BCUT2D eigenvalue weighted by atomic mass is 19.1. The number of fused-ring (bicyclic) bond motifs is 1. The van der Waals surface area contributed by atoms with Gasteiger partial charge in [0.1, 0.15) is 11.6 Å². The van der Waals surface area contributed by atoms with E-state index in [1.807, 2.05) is 0 Å². The Labute approximate surface area is 115 Å². The van der Waals surface area contributed by atoms with Gasteiger partial charge in [-0.3, -0.25) is 0 Å². The van der Waals surface area contributed by atoms with Crippen LogP contribution in [0.1, 0.15) is 0 Å². The highest BCUT2D eigenvalue weighted by Gasteiger charge is 2.12. The van der Waals surface area contributed by atoms with Crippen LogP contribution in [0.3, 0.4) is 0 Å². The largest absolute Gasteiger partial charge is 0.493 e. The van der Waals surface area contributed by atoms with Crippen molar-refractivity contribution in [2.75, 3.05) is 14.2 Å². The molecule has 0 aliphatic rings. The van der Waals surface area contributed by atoms with Gasteiger partial charge in [-0.1, -0.05) is 12.1 Å². The fraction of sp³-hybridized carbons (Fsp3) is 0.133. The van der Waals surface area contributed by atoms with Crippen molar-refractivity contribution in [2.45, 2.75) is 0 Å². The number of methoxy groups -OCH3 is 2. The predicted octanol–water partition coefficient (Wildman–Crippen LogP) is 3.39. The lowest BCUT2D eigenvalue weighted by Crippen LogP contribution is -1.89. The third kappa shape index (κ3) is 1.97. The Morgan fingerprint density at radius 2 is 1.75 bits per heavy atom. The molecule has 0 spiro atoms. The SMILES string of the molecule is COc1cc2nc(-c3ccccc3F)[nH]c2cc1OC. The normalized spacial score (nSPS) is 10.8. The van der Waals surface area contributed by atoms with Gasteiger partial charge in [0.2, 0.25) is 0 Å². The first-order valence-corrected chi connectivity index (χ1v) is 6.09. The van der Waals surface area contributed by atoms with Crippen molar-refractivity contribution in [3.8, 4) is 22.9 Å². The summed E-state index contributed by atoms with van der Waals surface area (Å²) in [5, 5.41) is 0. The number of halogens is 1. The van der Waals surface area contributed by atoms with Gasteiger partial charge in [0.25, 0.3) is 0 Å². The minimum atomic E-state index is -0.314. The van der Waals surface area contributed by atoms with Gasteiger partial charge in [-0.25, -0.2) is 9.37 Å². The lowest BCUT2D eigenvalue weighted by Gasteiger charge is -2.06. The summed E-state index contributed by atoms with van der Waals surface area (Å²) >= 11 is 0. The van der Waals surface area contributed by atoms with Crippen LogP contribution in [0.4, 0.5) is 4.39 Å². The van der Waals surface area contributed by atoms with Crippen LogP contribution < -0.4 is 9.47 Å². The molecule has 3 aromatic rings. The van der Waals surface area contributed by atoms with Crippen molar-refractivity contribution in [3.63, 3.8) is 0 Å². The predicted molar refractivity (Wildman–Crippen MR) is 74.6 cm³/mol. The molecule has 20 heavy (non-hydrogen) atoms. The third-order valence-corrected chi connectivity index (χ3v) is 3.12. The lowest BCUT2D eigenvalue weighted by molar-refractivity contribution is 0.356. The average molecular weight is 272 g/mol. The van der Waals surface area contributed by atoms with Crippen molar-refractivity contribution in [1.82, 2.24) is 9.97 Å². The Morgan fingerprint density at radius 1 is 1.05 bits per heavy atom. The molecule has 0 atom stereocenters. The summed E-state index contributed by atoms with van der Waals surface area (Å²) in [5.41, 5.74) is 1.89. The number of imidazole rings is 1. The number of ether oxygens (including phenoxy) is 2. The number of hydrogen-bond donors (Lipinski definition) is 1. The van der Waals surface area contributed by atoms with Crippen LogP contribution in [-0.4, -0.2) is 24.2 Å². The van der Waals surface area contributed by atoms with Crippen molar-refractivity contribution in [3.05, 3.63) is 42.2 Å². The molecule has 0 saturated heterocycles. The summed E-state index contributed by atoms with van der Waals surface area (Å²) in [4.78, 5) is 7.49. The minimum Gasteiger partial charge on any atom is -0.493 e. The number of H-pyrrole nitrogens is 1. The first-order valence-electron chi connectivity index (χ1n) is 6.09. The van der Waals surface area contributed by atoms with E-state index in [0.29, 0.717) is 28.4 Å². The van der Waals surface area contributed by atoms with E-state index in [4.69, 9.17) is 9.47 Å². The fourth-order valence-corrected chi connectivity index (χ4v) is 2.12. The Bertz CT molecular complexity index is 727. The van der Waals surface area contributed by atoms with Crippen molar-refractivity contribution < 1.29 is 13.9 Å². The van der Waals surface area contributed by atoms with E-state index in [-0.39, 0.29) is 5.82 Å². The minimum absolute atomic E-state index is 0.314. The number of nitrogens with zero attached hydrogens (tertiary/aromatic N) is 1. The zero-order chi connectivity index (χ0) is 14.1. The highest BCUT2D eigenvalue weighted by Crippen LogP contribution is 2.32. The zero-order valence-electron chi connectivity index (χ0n) is 11.1. The van der Waals surface area contributed by atoms with Gasteiger partial charge < -0.3 is 14.5 Å². The summed E-state index contributed by atoms with van der Waals surface area (Å²) in [6.45, 7) is 0. The van der Waals surface area contributed by atoms with Crippen molar-refractivity contribution in [1.29, 1.82) is 0 Å². The van der Waals surface area contributed by atoms with Gasteiger partial charge in [-0.2, -0.15) is 0 Å². The fourth-order valence-electron chi connectivity index (χ4n) is 2.12. The Morgan fingerprint density at radius 3 is 2.45 bits per heavy atom. The molecule has 0 radical (unpaired) electrons. The summed E-state index contributed by atoms with van der Waals surface area (Å²) in [7, 11) is 3.13. The van der Waals surface area contributed by atoms with Crippen LogP contribution in [0.15, 0.2) is 36.4 Å². The average Bonchev–Trinajstić information content (AvgIpc) is 2.88. The second kappa shape index (κ2) is 4.85. The second-order valence-corrected chi connectivity index (χ2v) is 4.29. The molecule has 0 aliphatic carbocycles. The highest BCUT2D eigenvalue weighted by molar-refractivity contribution is 5.83. The number of aromatic nitrogens is 2. The monoisotopic (exact) mass is 272 g/mol. The molecule has 0 aliphatic heterocycles. The molecule has 0 unspecified atom stereocenters. The summed E-state index contributed by atoms with van der Waals surface area (Å²) in [5.74, 6) is 1.36. The Kier molecular flexibility index (Phi) is 3.02. The van der Waals surface area contributed by atoms with E-state index < -0.39 is 0 Å². The first-order chi connectivity index (χ1) is 9.72. The molecule has 1 heterocycles. The summed E-state index contributed by atoms with van der Waals surface area (Å²) < 4.78 is 24.3. The Balaban J connectivity index is 2.18. The van der Waals surface area contributed by atoms with E-state index in [2.05, 4.69) is 9.97 Å². The molecule has 0 amide bonds. The van der Waals surface area contributed by atoms with Crippen LogP contribution in [0.5, 0.6) is 11.5 Å². The molecule has 4 nitrogen and oxygen atoms in total. The standard InChI is InChI=1S/C15H13FN2O2/c1-19-13-7-11-12(8-14(13)20-2)18-15(17-11)9-5-3-4-6-10(9)16/h3-8H,1-2H3,(H,17,18).